The monoisotopic (exact) mass is 446 g/mol. The summed E-state index contributed by atoms with van der Waals surface area (Å²) in [5, 5.41) is 5.77. The molecule has 0 heterocycles. The Morgan fingerprint density at radius 1 is 0.613 bits per heavy atom. The maximum absolute atomic E-state index is 11.6. The van der Waals surface area contributed by atoms with Crippen LogP contribution in [0.5, 0.6) is 0 Å². The number of amides is 2. The van der Waals surface area contributed by atoms with E-state index in [0.717, 1.165) is 70.9 Å². The number of ether oxygens (including phenoxy) is 4. The second kappa shape index (κ2) is 25.0. The van der Waals surface area contributed by atoms with Crippen LogP contribution in [0.4, 0.5) is 0 Å². The van der Waals surface area contributed by atoms with E-state index in [-0.39, 0.29) is 18.4 Å². The molecule has 2 N–H and O–H groups in total. The van der Waals surface area contributed by atoms with Gasteiger partial charge in [-0.3, -0.25) is 9.59 Å². The number of methoxy groups -OCH3 is 1. The molecule has 0 aromatic heterocycles. The van der Waals surface area contributed by atoms with E-state index < -0.39 is 0 Å². The molecule has 0 radical (unpaired) electrons. The molecular formula is C23H46N2O6. The summed E-state index contributed by atoms with van der Waals surface area (Å²) in [5.41, 5.74) is 0. The topological polar surface area (TPSA) is 95.1 Å². The molecule has 0 aliphatic rings. The fourth-order valence-electron chi connectivity index (χ4n) is 2.82. The van der Waals surface area contributed by atoms with E-state index in [1.807, 2.05) is 0 Å². The van der Waals surface area contributed by atoms with Gasteiger partial charge in [0.2, 0.25) is 11.8 Å². The van der Waals surface area contributed by atoms with Gasteiger partial charge in [-0.05, 0) is 44.9 Å². The predicted octanol–water partition coefficient (Wildman–Crippen LogP) is 2.84. The van der Waals surface area contributed by atoms with Crippen LogP contribution in [0, 0.1) is 0 Å². The standard InChI is InChI=1S/C23H46N2O6/c1-3-4-7-12-22(26)24-13-8-5-10-15-29-17-19-31-20-18-30-16-11-6-9-14-25-23(27)21-28-2/h3-21H2,1-2H3,(H,24,26)(H,25,27). The highest BCUT2D eigenvalue weighted by Gasteiger charge is 2.00. The summed E-state index contributed by atoms with van der Waals surface area (Å²) in [7, 11) is 1.51. The molecule has 0 atom stereocenters. The molecule has 0 rings (SSSR count). The van der Waals surface area contributed by atoms with Crippen LogP contribution in [0.15, 0.2) is 0 Å². The van der Waals surface area contributed by atoms with Crippen LogP contribution in [-0.2, 0) is 28.5 Å². The molecular weight excluding hydrogens is 400 g/mol. The second-order valence-electron chi connectivity index (χ2n) is 7.55. The molecule has 0 saturated heterocycles. The van der Waals surface area contributed by atoms with E-state index in [9.17, 15) is 9.59 Å². The van der Waals surface area contributed by atoms with Gasteiger partial charge in [0.25, 0.3) is 0 Å². The lowest BCUT2D eigenvalue weighted by Crippen LogP contribution is -2.27. The van der Waals surface area contributed by atoms with Crippen LogP contribution < -0.4 is 10.6 Å². The number of hydrogen-bond donors (Lipinski definition) is 2. The predicted molar refractivity (Wildman–Crippen MR) is 122 cm³/mol. The highest BCUT2D eigenvalue weighted by molar-refractivity contribution is 5.77. The molecule has 0 aliphatic carbocycles. The number of unbranched alkanes of at least 4 members (excludes halogenated alkanes) is 6. The van der Waals surface area contributed by atoms with E-state index in [0.29, 0.717) is 46.0 Å². The Hall–Kier alpha value is -1.22. The van der Waals surface area contributed by atoms with Gasteiger partial charge >= 0.3 is 0 Å². The van der Waals surface area contributed by atoms with Crippen molar-refractivity contribution in [3.05, 3.63) is 0 Å². The van der Waals surface area contributed by atoms with E-state index in [4.69, 9.17) is 18.9 Å². The molecule has 0 aliphatic heterocycles. The van der Waals surface area contributed by atoms with E-state index in [1.165, 1.54) is 7.11 Å². The normalized spacial score (nSPS) is 10.9. The van der Waals surface area contributed by atoms with Crippen LogP contribution in [-0.4, -0.2) is 78.3 Å². The molecule has 0 fully saturated rings. The number of hydrogen-bond acceptors (Lipinski definition) is 6. The average molecular weight is 447 g/mol. The van der Waals surface area contributed by atoms with Gasteiger partial charge in [0.15, 0.2) is 0 Å². The Labute approximate surface area is 189 Å². The minimum atomic E-state index is -0.0710. The van der Waals surface area contributed by atoms with Gasteiger partial charge in [0.1, 0.15) is 6.61 Å². The van der Waals surface area contributed by atoms with Crippen molar-refractivity contribution in [2.45, 2.75) is 71.1 Å². The van der Waals surface area contributed by atoms with Crippen LogP contribution >= 0.6 is 0 Å². The highest BCUT2D eigenvalue weighted by Crippen LogP contribution is 1.99. The van der Waals surface area contributed by atoms with Gasteiger partial charge in [-0.2, -0.15) is 0 Å². The van der Waals surface area contributed by atoms with Crippen molar-refractivity contribution in [3.8, 4) is 0 Å². The van der Waals surface area contributed by atoms with Crippen LogP contribution in [0.25, 0.3) is 0 Å². The average Bonchev–Trinajstić information content (AvgIpc) is 2.75. The third kappa shape index (κ3) is 24.9. The Bertz CT molecular complexity index is 410. The first-order valence-electron chi connectivity index (χ1n) is 12.0. The van der Waals surface area contributed by atoms with Crippen molar-refractivity contribution in [2.24, 2.45) is 0 Å². The summed E-state index contributed by atoms with van der Waals surface area (Å²) in [6, 6.07) is 0. The van der Waals surface area contributed by atoms with E-state index in [1.54, 1.807) is 0 Å². The molecule has 8 heteroatoms. The molecule has 0 bridgehead atoms. The fraction of sp³-hybridized carbons (Fsp3) is 0.913. The lowest BCUT2D eigenvalue weighted by molar-refractivity contribution is -0.124. The molecule has 2 amide bonds. The first-order valence-corrected chi connectivity index (χ1v) is 12.0. The zero-order valence-corrected chi connectivity index (χ0v) is 19.9. The maximum Gasteiger partial charge on any atom is 0.245 e. The van der Waals surface area contributed by atoms with Crippen LogP contribution in [0.3, 0.4) is 0 Å². The molecule has 184 valence electrons. The minimum absolute atomic E-state index is 0.0710. The number of carbonyl (C=O) groups is 2. The van der Waals surface area contributed by atoms with Crippen LogP contribution in [0.2, 0.25) is 0 Å². The van der Waals surface area contributed by atoms with Crippen molar-refractivity contribution < 1.29 is 28.5 Å². The van der Waals surface area contributed by atoms with Gasteiger partial charge < -0.3 is 29.6 Å². The minimum Gasteiger partial charge on any atom is -0.379 e. The molecule has 31 heavy (non-hydrogen) atoms. The molecule has 0 spiro atoms. The second-order valence-corrected chi connectivity index (χ2v) is 7.55. The SMILES string of the molecule is CCCCCC(=O)NCCCCCOCCOCCOCCCCCNC(=O)COC. The zero-order chi connectivity index (χ0) is 22.8. The highest BCUT2D eigenvalue weighted by atomic mass is 16.5. The van der Waals surface area contributed by atoms with Crippen molar-refractivity contribution >= 4 is 11.8 Å². The van der Waals surface area contributed by atoms with Gasteiger partial charge in [-0.1, -0.05) is 19.8 Å². The zero-order valence-electron chi connectivity index (χ0n) is 19.9. The van der Waals surface area contributed by atoms with E-state index in [2.05, 4.69) is 17.6 Å². The summed E-state index contributed by atoms with van der Waals surface area (Å²) in [6.07, 6.45) is 9.92. The Kier molecular flexibility index (Phi) is 24.1. The molecule has 0 aromatic carbocycles. The third-order valence-corrected chi connectivity index (χ3v) is 4.60. The van der Waals surface area contributed by atoms with Crippen molar-refractivity contribution in [1.29, 1.82) is 0 Å². The van der Waals surface area contributed by atoms with E-state index >= 15 is 0 Å². The lowest BCUT2D eigenvalue weighted by atomic mass is 10.2. The van der Waals surface area contributed by atoms with Crippen LogP contribution in [0.1, 0.15) is 71.1 Å². The van der Waals surface area contributed by atoms with Crippen molar-refractivity contribution in [2.75, 3.05) is 66.4 Å². The summed E-state index contributed by atoms with van der Waals surface area (Å²) in [4.78, 5) is 22.7. The maximum atomic E-state index is 11.6. The largest absolute Gasteiger partial charge is 0.379 e. The summed E-state index contributed by atoms with van der Waals surface area (Å²) in [6.45, 7) is 7.50. The third-order valence-electron chi connectivity index (χ3n) is 4.60. The van der Waals surface area contributed by atoms with Gasteiger partial charge in [0.05, 0.1) is 26.4 Å². The smallest absolute Gasteiger partial charge is 0.245 e. The quantitative estimate of drug-likeness (QED) is 0.221. The lowest BCUT2D eigenvalue weighted by Gasteiger charge is -2.08. The first kappa shape index (κ1) is 29.8. The molecule has 8 nitrogen and oxygen atoms in total. The fourth-order valence-corrected chi connectivity index (χ4v) is 2.82. The molecule has 0 unspecified atom stereocenters. The van der Waals surface area contributed by atoms with Crippen molar-refractivity contribution in [3.63, 3.8) is 0 Å². The number of carbonyl (C=O) groups excluding carboxylic acids is 2. The Morgan fingerprint density at radius 3 is 1.65 bits per heavy atom. The molecule has 0 saturated carbocycles. The summed E-state index contributed by atoms with van der Waals surface area (Å²) < 4.78 is 21.3. The van der Waals surface area contributed by atoms with Gasteiger partial charge in [-0.15, -0.1) is 0 Å². The van der Waals surface area contributed by atoms with Gasteiger partial charge in [-0.25, -0.2) is 0 Å². The van der Waals surface area contributed by atoms with Crippen molar-refractivity contribution in [1.82, 2.24) is 10.6 Å². The Morgan fingerprint density at radius 2 is 1.13 bits per heavy atom. The first-order chi connectivity index (χ1) is 15.2. The molecule has 0 aromatic rings. The summed E-state index contributed by atoms with van der Waals surface area (Å²) >= 11 is 0. The Balaban J connectivity index is 3.11. The van der Waals surface area contributed by atoms with Gasteiger partial charge in [0, 0.05) is 39.8 Å². The number of nitrogens with one attached hydrogen (secondary N) is 2. The number of rotatable bonds is 24. The summed E-state index contributed by atoms with van der Waals surface area (Å²) in [5.74, 6) is 0.105.